The van der Waals surface area contributed by atoms with E-state index in [1.54, 1.807) is 0 Å². The van der Waals surface area contributed by atoms with Gasteiger partial charge in [0.25, 0.3) is 0 Å². The Morgan fingerprint density at radius 1 is 1.30 bits per heavy atom. The van der Waals surface area contributed by atoms with Gasteiger partial charge in [-0.2, -0.15) is 0 Å². The molecule has 4 nitrogen and oxygen atoms in total. The molecule has 1 rings (SSSR count). The lowest BCUT2D eigenvalue weighted by molar-refractivity contribution is -0.121. The standard InChI is InChI=1S/C16H27N3O/c1-14(17)10-11-16(20)18-12-6-7-13-19(2)15-8-4-3-5-9-15/h3-5,8-9,14H,6-7,10-13,17H2,1-2H3,(H,18,20). The molecule has 1 amide bonds. The molecule has 4 heteroatoms. The quantitative estimate of drug-likeness (QED) is 0.680. The van der Waals surface area contributed by atoms with E-state index in [0.29, 0.717) is 6.42 Å². The molecule has 20 heavy (non-hydrogen) atoms. The number of amides is 1. The molecule has 0 radical (unpaired) electrons. The van der Waals surface area contributed by atoms with Crippen molar-refractivity contribution in [2.75, 3.05) is 25.0 Å². The zero-order valence-corrected chi connectivity index (χ0v) is 12.6. The number of carbonyl (C=O) groups is 1. The molecule has 1 aromatic rings. The summed E-state index contributed by atoms with van der Waals surface area (Å²) in [5.41, 5.74) is 6.85. The second kappa shape index (κ2) is 9.37. The first-order valence-electron chi connectivity index (χ1n) is 7.38. The SMILES string of the molecule is CC(N)CCC(=O)NCCCCN(C)c1ccccc1. The van der Waals surface area contributed by atoms with E-state index in [1.807, 2.05) is 25.1 Å². The van der Waals surface area contributed by atoms with E-state index >= 15 is 0 Å². The smallest absolute Gasteiger partial charge is 0.220 e. The van der Waals surface area contributed by atoms with Crippen LogP contribution in [-0.4, -0.2) is 32.1 Å². The van der Waals surface area contributed by atoms with Gasteiger partial charge in [0.2, 0.25) is 5.91 Å². The monoisotopic (exact) mass is 277 g/mol. The maximum Gasteiger partial charge on any atom is 0.220 e. The predicted octanol–water partition coefficient (Wildman–Crippen LogP) is 2.15. The van der Waals surface area contributed by atoms with Gasteiger partial charge in [0.1, 0.15) is 0 Å². The summed E-state index contributed by atoms with van der Waals surface area (Å²) in [5, 5.41) is 2.94. The van der Waals surface area contributed by atoms with E-state index in [0.717, 1.165) is 32.4 Å². The van der Waals surface area contributed by atoms with E-state index in [2.05, 4.69) is 29.4 Å². The van der Waals surface area contributed by atoms with Crippen LogP contribution in [-0.2, 0) is 4.79 Å². The number of para-hydroxylation sites is 1. The second-order valence-corrected chi connectivity index (χ2v) is 5.33. The van der Waals surface area contributed by atoms with Crippen LogP contribution in [0.4, 0.5) is 5.69 Å². The van der Waals surface area contributed by atoms with Crippen LogP contribution in [0.25, 0.3) is 0 Å². The Bertz CT molecular complexity index is 379. The van der Waals surface area contributed by atoms with E-state index in [4.69, 9.17) is 5.73 Å². The summed E-state index contributed by atoms with van der Waals surface area (Å²) in [5.74, 6) is 0.110. The van der Waals surface area contributed by atoms with Crippen molar-refractivity contribution in [1.82, 2.24) is 5.32 Å². The summed E-state index contributed by atoms with van der Waals surface area (Å²) in [4.78, 5) is 13.7. The molecule has 3 N–H and O–H groups in total. The van der Waals surface area contributed by atoms with Gasteiger partial charge < -0.3 is 16.0 Å². The highest BCUT2D eigenvalue weighted by Gasteiger charge is 2.03. The number of carbonyl (C=O) groups excluding carboxylic acids is 1. The molecule has 1 atom stereocenters. The first-order chi connectivity index (χ1) is 9.59. The van der Waals surface area contributed by atoms with Gasteiger partial charge in [-0.15, -0.1) is 0 Å². The molecular weight excluding hydrogens is 250 g/mol. The molecule has 1 aromatic carbocycles. The van der Waals surface area contributed by atoms with Crippen LogP contribution >= 0.6 is 0 Å². The molecule has 0 saturated carbocycles. The van der Waals surface area contributed by atoms with Crippen molar-refractivity contribution in [2.45, 2.75) is 38.6 Å². The van der Waals surface area contributed by atoms with Gasteiger partial charge in [-0.1, -0.05) is 18.2 Å². The summed E-state index contributed by atoms with van der Waals surface area (Å²) in [6, 6.07) is 10.4. The minimum absolute atomic E-state index is 0.0975. The van der Waals surface area contributed by atoms with Crippen molar-refractivity contribution in [3.8, 4) is 0 Å². The summed E-state index contributed by atoms with van der Waals surface area (Å²) >= 11 is 0. The summed E-state index contributed by atoms with van der Waals surface area (Å²) in [6.07, 6.45) is 3.35. The Morgan fingerprint density at radius 3 is 2.65 bits per heavy atom. The van der Waals surface area contributed by atoms with Gasteiger partial charge in [-0.3, -0.25) is 4.79 Å². The van der Waals surface area contributed by atoms with Gasteiger partial charge >= 0.3 is 0 Å². The number of hydrogen-bond acceptors (Lipinski definition) is 3. The topological polar surface area (TPSA) is 58.4 Å². The summed E-state index contributed by atoms with van der Waals surface area (Å²) in [6.45, 7) is 3.67. The molecule has 0 saturated heterocycles. The van der Waals surface area contributed by atoms with Gasteiger partial charge in [-0.05, 0) is 38.3 Å². The molecule has 0 aliphatic carbocycles. The van der Waals surface area contributed by atoms with Crippen LogP contribution < -0.4 is 16.0 Å². The maximum absolute atomic E-state index is 11.5. The molecule has 1 unspecified atom stereocenters. The molecule has 0 heterocycles. The fraction of sp³-hybridized carbons (Fsp3) is 0.562. The Labute approximate surface area is 122 Å². The Kier molecular flexibility index (Phi) is 7.73. The Balaban J connectivity index is 2.06. The van der Waals surface area contributed by atoms with E-state index in [-0.39, 0.29) is 11.9 Å². The number of nitrogens with two attached hydrogens (primary N) is 1. The number of rotatable bonds is 9. The average Bonchev–Trinajstić information content (AvgIpc) is 2.45. The van der Waals surface area contributed by atoms with Crippen LogP contribution in [0.1, 0.15) is 32.6 Å². The highest BCUT2D eigenvalue weighted by Crippen LogP contribution is 2.11. The van der Waals surface area contributed by atoms with E-state index in [1.165, 1.54) is 5.69 Å². The molecular formula is C16H27N3O. The number of hydrogen-bond donors (Lipinski definition) is 2. The largest absolute Gasteiger partial charge is 0.375 e. The lowest BCUT2D eigenvalue weighted by Gasteiger charge is -2.19. The normalized spacial score (nSPS) is 11.9. The highest BCUT2D eigenvalue weighted by molar-refractivity contribution is 5.75. The summed E-state index contributed by atoms with van der Waals surface area (Å²) < 4.78 is 0. The fourth-order valence-corrected chi connectivity index (χ4v) is 1.96. The number of benzene rings is 1. The number of anilines is 1. The first-order valence-corrected chi connectivity index (χ1v) is 7.38. The first kappa shape index (κ1) is 16.5. The predicted molar refractivity (Wildman–Crippen MR) is 84.8 cm³/mol. The van der Waals surface area contributed by atoms with Crippen LogP contribution in [0, 0.1) is 0 Å². The lowest BCUT2D eigenvalue weighted by atomic mass is 10.2. The van der Waals surface area contributed by atoms with Crippen LogP contribution in [0.2, 0.25) is 0 Å². The van der Waals surface area contributed by atoms with Gasteiger partial charge in [0, 0.05) is 38.3 Å². The zero-order valence-electron chi connectivity index (χ0n) is 12.6. The molecule has 0 spiro atoms. The number of unbranched alkanes of at least 4 members (excludes halogenated alkanes) is 1. The lowest BCUT2D eigenvalue weighted by Crippen LogP contribution is -2.27. The number of nitrogens with one attached hydrogen (secondary N) is 1. The third-order valence-electron chi connectivity index (χ3n) is 3.27. The van der Waals surface area contributed by atoms with Crippen LogP contribution in [0.15, 0.2) is 30.3 Å². The second-order valence-electron chi connectivity index (χ2n) is 5.33. The molecule has 0 bridgehead atoms. The van der Waals surface area contributed by atoms with Crippen molar-refractivity contribution >= 4 is 11.6 Å². The third-order valence-corrected chi connectivity index (χ3v) is 3.27. The van der Waals surface area contributed by atoms with E-state index < -0.39 is 0 Å². The van der Waals surface area contributed by atoms with Crippen LogP contribution in [0.5, 0.6) is 0 Å². The minimum Gasteiger partial charge on any atom is -0.375 e. The molecule has 0 aliphatic heterocycles. The molecule has 0 aromatic heterocycles. The highest BCUT2D eigenvalue weighted by atomic mass is 16.1. The Morgan fingerprint density at radius 2 is 2.00 bits per heavy atom. The fourth-order valence-electron chi connectivity index (χ4n) is 1.96. The molecule has 0 aliphatic rings. The number of nitrogens with zero attached hydrogens (tertiary/aromatic N) is 1. The maximum atomic E-state index is 11.5. The zero-order chi connectivity index (χ0) is 14.8. The van der Waals surface area contributed by atoms with E-state index in [9.17, 15) is 4.79 Å². The van der Waals surface area contributed by atoms with Gasteiger partial charge in [0.05, 0.1) is 0 Å². The average molecular weight is 277 g/mol. The molecule has 0 fully saturated rings. The van der Waals surface area contributed by atoms with Gasteiger partial charge in [-0.25, -0.2) is 0 Å². The third kappa shape index (κ3) is 7.14. The van der Waals surface area contributed by atoms with Gasteiger partial charge in [0.15, 0.2) is 0 Å². The van der Waals surface area contributed by atoms with Crippen molar-refractivity contribution in [2.24, 2.45) is 5.73 Å². The van der Waals surface area contributed by atoms with Crippen molar-refractivity contribution in [3.05, 3.63) is 30.3 Å². The minimum atomic E-state index is 0.0975. The van der Waals surface area contributed by atoms with Crippen molar-refractivity contribution < 1.29 is 4.79 Å². The van der Waals surface area contributed by atoms with Crippen molar-refractivity contribution in [3.63, 3.8) is 0 Å². The summed E-state index contributed by atoms with van der Waals surface area (Å²) in [7, 11) is 2.09. The molecule has 112 valence electrons. The van der Waals surface area contributed by atoms with Crippen LogP contribution in [0.3, 0.4) is 0 Å². The Hall–Kier alpha value is -1.55. The van der Waals surface area contributed by atoms with Crippen molar-refractivity contribution in [1.29, 1.82) is 0 Å².